The average molecular weight is 445 g/mol. The summed E-state index contributed by atoms with van der Waals surface area (Å²) < 4.78 is 67.9. The van der Waals surface area contributed by atoms with Gasteiger partial charge in [0.05, 0.1) is 17.2 Å². The van der Waals surface area contributed by atoms with Gasteiger partial charge in [0.15, 0.2) is 9.84 Å². The Kier molecular flexibility index (Phi) is 7.71. The third-order valence-corrected chi connectivity index (χ3v) is 6.85. The van der Waals surface area contributed by atoms with Crippen LogP contribution in [-0.4, -0.2) is 47.4 Å². The Morgan fingerprint density at radius 3 is 2.38 bits per heavy atom. The number of benzene rings is 2. The molecule has 29 heavy (non-hydrogen) atoms. The van der Waals surface area contributed by atoms with Gasteiger partial charge < -0.3 is 10.1 Å². The molecule has 2 aromatic rings. The van der Waals surface area contributed by atoms with E-state index >= 15 is 0 Å². The summed E-state index contributed by atoms with van der Waals surface area (Å²) in [7, 11) is -7.11. The molecule has 0 saturated heterocycles. The number of carbonyl (C=O) groups is 1. The van der Waals surface area contributed by atoms with Gasteiger partial charge in [-0.15, -0.1) is 0 Å². The zero-order valence-corrected chi connectivity index (χ0v) is 17.2. The molecule has 2 rings (SSSR count). The van der Waals surface area contributed by atoms with Crippen LogP contribution in [0.1, 0.15) is 6.92 Å². The number of anilines is 1. The molecule has 0 fully saturated rings. The van der Waals surface area contributed by atoms with Crippen LogP contribution in [-0.2, 0) is 24.7 Å². The van der Waals surface area contributed by atoms with Crippen molar-refractivity contribution in [3.8, 4) is 5.75 Å². The van der Waals surface area contributed by atoms with Crippen molar-refractivity contribution in [2.75, 3.05) is 30.0 Å². The molecule has 0 atom stereocenters. The minimum absolute atomic E-state index is 0.0198. The second kappa shape index (κ2) is 9.81. The summed E-state index contributed by atoms with van der Waals surface area (Å²) >= 11 is 0. The number of halogens is 1. The normalized spacial score (nSPS) is 11.8. The Morgan fingerprint density at radius 1 is 1.07 bits per heavy atom. The quantitative estimate of drug-likeness (QED) is 0.574. The highest BCUT2D eigenvalue weighted by Gasteiger charge is 2.16. The predicted octanol–water partition coefficient (Wildman–Crippen LogP) is 1.56. The first-order valence-electron chi connectivity index (χ1n) is 8.60. The molecule has 0 saturated carbocycles. The maximum absolute atomic E-state index is 13.1. The summed E-state index contributed by atoms with van der Waals surface area (Å²) in [6.45, 7) is 0.965. The Hall–Kier alpha value is -2.50. The van der Waals surface area contributed by atoms with Crippen LogP contribution in [0, 0.1) is 5.82 Å². The molecule has 0 aromatic heterocycles. The molecule has 0 radical (unpaired) electrons. The molecule has 0 unspecified atom stereocenters. The van der Waals surface area contributed by atoms with Crippen molar-refractivity contribution in [1.29, 1.82) is 0 Å². The van der Waals surface area contributed by atoms with Gasteiger partial charge >= 0.3 is 0 Å². The first-order valence-corrected chi connectivity index (χ1v) is 11.9. The lowest BCUT2D eigenvalue weighted by Gasteiger charge is -2.09. The van der Waals surface area contributed by atoms with Crippen LogP contribution in [0.2, 0.25) is 0 Å². The van der Waals surface area contributed by atoms with Crippen molar-refractivity contribution in [3.63, 3.8) is 0 Å². The number of hydrogen-bond donors (Lipinski definition) is 2. The highest BCUT2D eigenvalue weighted by atomic mass is 32.2. The third kappa shape index (κ3) is 7.44. The number of sulfonamides is 1. The molecule has 0 aliphatic heterocycles. The highest BCUT2D eigenvalue weighted by molar-refractivity contribution is 7.91. The Morgan fingerprint density at radius 2 is 1.76 bits per heavy atom. The van der Waals surface area contributed by atoms with Crippen LogP contribution in [0.25, 0.3) is 0 Å². The predicted molar refractivity (Wildman–Crippen MR) is 106 cm³/mol. The fourth-order valence-electron chi connectivity index (χ4n) is 2.16. The first-order chi connectivity index (χ1) is 13.6. The zero-order valence-electron chi connectivity index (χ0n) is 15.6. The lowest BCUT2D eigenvalue weighted by molar-refractivity contribution is -0.115. The molecule has 2 N–H and O–H groups in total. The number of nitrogens with one attached hydrogen (secondary N) is 2. The van der Waals surface area contributed by atoms with Crippen LogP contribution >= 0.6 is 0 Å². The number of carbonyl (C=O) groups excluding carboxylic acids is 1. The fourth-order valence-corrected chi connectivity index (χ4v) is 3.77. The minimum atomic E-state index is -3.96. The second-order valence-corrected chi connectivity index (χ2v) is 10.2. The minimum Gasteiger partial charge on any atom is -0.493 e. The summed E-state index contributed by atoms with van der Waals surface area (Å²) in [5.74, 6) is -0.981. The molecular formula is C18H21FN2O6S2. The van der Waals surface area contributed by atoms with E-state index < -0.39 is 38.1 Å². The van der Waals surface area contributed by atoms with Gasteiger partial charge in [-0.2, -0.15) is 0 Å². The van der Waals surface area contributed by atoms with E-state index in [0.717, 1.165) is 6.07 Å². The molecule has 158 valence electrons. The Labute approximate surface area is 169 Å². The van der Waals surface area contributed by atoms with E-state index in [1.165, 1.54) is 42.5 Å². The van der Waals surface area contributed by atoms with E-state index in [4.69, 9.17) is 4.74 Å². The average Bonchev–Trinajstić information content (AvgIpc) is 2.67. The molecule has 0 heterocycles. The molecule has 0 bridgehead atoms. The van der Waals surface area contributed by atoms with E-state index in [-0.39, 0.29) is 28.7 Å². The van der Waals surface area contributed by atoms with Crippen LogP contribution < -0.4 is 14.8 Å². The van der Waals surface area contributed by atoms with E-state index in [1.54, 1.807) is 6.92 Å². The second-order valence-electron chi connectivity index (χ2n) is 5.94. The number of ether oxygens (including phenoxy) is 1. The van der Waals surface area contributed by atoms with Crippen molar-refractivity contribution in [3.05, 3.63) is 54.3 Å². The maximum Gasteiger partial charge on any atom is 0.241 e. The third-order valence-electron chi connectivity index (χ3n) is 3.77. The van der Waals surface area contributed by atoms with E-state index in [9.17, 15) is 26.0 Å². The summed E-state index contributed by atoms with van der Waals surface area (Å²) in [4.78, 5) is 11.8. The van der Waals surface area contributed by atoms with Gasteiger partial charge in [-0.05, 0) is 42.5 Å². The van der Waals surface area contributed by atoms with Crippen molar-refractivity contribution in [1.82, 2.24) is 4.72 Å². The summed E-state index contributed by atoms with van der Waals surface area (Å²) in [6, 6.07) is 10.5. The number of sulfone groups is 1. The van der Waals surface area contributed by atoms with Gasteiger partial charge in [0.2, 0.25) is 15.9 Å². The van der Waals surface area contributed by atoms with Gasteiger partial charge in [-0.1, -0.05) is 13.0 Å². The standard InChI is InChI=1S/C18H21FN2O6S2/c1-2-28(23,24)11-10-27-16-6-8-17(9-7-16)29(25,26)20-13-18(22)21-15-5-3-4-14(19)12-15/h3-9,12,20H,2,10-11,13H2,1H3,(H,21,22). The molecule has 11 heteroatoms. The first kappa shape index (κ1) is 22.8. The highest BCUT2D eigenvalue weighted by Crippen LogP contribution is 2.16. The number of hydrogen-bond acceptors (Lipinski definition) is 6. The Bertz CT molecular complexity index is 1050. The summed E-state index contributed by atoms with van der Waals surface area (Å²) in [5, 5.41) is 2.38. The van der Waals surface area contributed by atoms with Crippen molar-refractivity contribution < 1.29 is 30.8 Å². The SMILES string of the molecule is CCS(=O)(=O)CCOc1ccc(S(=O)(=O)NCC(=O)Nc2cccc(F)c2)cc1. The molecule has 2 aromatic carbocycles. The van der Waals surface area contributed by atoms with E-state index in [1.807, 2.05) is 0 Å². The number of rotatable bonds is 10. The molecule has 0 spiro atoms. The fraction of sp³-hybridized carbons (Fsp3) is 0.278. The van der Waals surface area contributed by atoms with Gasteiger partial charge in [0, 0.05) is 11.4 Å². The zero-order chi connectivity index (χ0) is 21.5. The van der Waals surface area contributed by atoms with Gasteiger partial charge in [-0.25, -0.2) is 25.9 Å². The molecular weight excluding hydrogens is 423 g/mol. The Balaban J connectivity index is 1.89. The van der Waals surface area contributed by atoms with E-state index in [2.05, 4.69) is 10.0 Å². The van der Waals surface area contributed by atoms with Crippen molar-refractivity contribution in [2.45, 2.75) is 11.8 Å². The topological polar surface area (TPSA) is 119 Å². The lowest BCUT2D eigenvalue weighted by atomic mass is 10.3. The van der Waals surface area contributed by atoms with Crippen LogP contribution in [0.15, 0.2) is 53.4 Å². The van der Waals surface area contributed by atoms with Crippen LogP contribution in [0.4, 0.5) is 10.1 Å². The van der Waals surface area contributed by atoms with Gasteiger partial charge in [0.1, 0.15) is 18.2 Å². The van der Waals surface area contributed by atoms with Gasteiger partial charge in [-0.3, -0.25) is 4.79 Å². The summed E-state index contributed by atoms with van der Waals surface area (Å²) in [5.41, 5.74) is 0.209. The van der Waals surface area contributed by atoms with Crippen molar-refractivity contribution in [2.24, 2.45) is 0 Å². The van der Waals surface area contributed by atoms with Crippen LogP contribution in [0.5, 0.6) is 5.75 Å². The molecule has 8 nitrogen and oxygen atoms in total. The molecule has 0 aliphatic rings. The maximum atomic E-state index is 13.1. The summed E-state index contributed by atoms with van der Waals surface area (Å²) in [6.07, 6.45) is 0. The lowest BCUT2D eigenvalue weighted by Crippen LogP contribution is -2.32. The monoisotopic (exact) mass is 444 g/mol. The molecule has 0 aliphatic carbocycles. The largest absolute Gasteiger partial charge is 0.493 e. The smallest absolute Gasteiger partial charge is 0.241 e. The van der Waals surface area contributed by atoms with Crippen LogP contribution in [0.3, 0.4) is 0 Å². The number of amides is 1. The van der Waals surface area contributed by atoms with E-state index in [0.29, 0.717) is 5.75 Å². The van der Waals surface area contributed by atoms with Crippen molar-refractivity contribution >= 4 is 31.5 Å². The van der Waals surface area contributed by atoms with Gasteiger partial charge in [0.25, 0.3) is 0 Å². The molecule has 1 amide bonds.